The zero-order chi connectivity index (χ0) is 14.5. The first kappa shape index (κ1) is 15.3. The maximum absolute atomic E-state index is 4.47. The highest BCUT2D eigenvalue weighted by Gasteiger charge is 2.22. The van der Waals surface area contributed by atoms with Crippen molar-refractivity contribution in [2.24, 2.45) is 7.05 Å². The zero-order valence-corrected chi connectivity index (χ0v) is 13.9. The Hall–Kier alpha value is -1.14. The van der Waals surface area contributed by atoms with E-state index in [1.54, 1.807) is 0 Å². The van der Waals surface area contributed by atoms with Crippen LogP contribution in [0.2, 0.25) is 0 Å². The van der Waals surface area contributed by atoms with Gasteiger partial charge >= 0.3 is 0 Å². The van der Waals surface area contributed by atoms with E-state index < -0.39 is 0 Å². The van der Waals surface area contributed by atoms with E-state index in [1.807, 2.05) is 24.1 Å². The Morgan fingerprint density at radius 2 is 2.05 bits per heavy atom. The Bertz CT molecular complexity index is 546. The van der Waals surface area contributed by atoms with E-state index in [1.165, 1.54) is 11.3 Å². The Morgan fingerprint density at radius 1 is 1.25 bits per heavy atom. The van der Waals surface area contributed by atoms with Gasteiger partial charge in [0.1, 0.15) is 0 Å². The molecule has 110 valence electrons. The third-order valence-electron chi connectivity index (χ3n) is 3.20. The van der Waals surface area contributed by atoms with Crippen molar-refractivity contribution in [3.05, 3.63) is 34.3 Å². The molecule has 0 aromatic carbocycles. The van der Waals surface area contributed by atoms with Crippen LogP contribution in [-0.4, -0.2) is 26.1 Å². The van der Waals surface area contributed by atoms with E-state index in [-0.39, 0.29) is 6.04 Å². The second-order valence-electron chi connectivity index (χ2n) is 4.94. The zero-order valence-electron chi connectivity index (χ0n) is 12.3. The molecule has 5 nitrogen and oxygen atoms in total. The van der Waals surface area contributed by atoms with Gasteiger partial charge in [0.2, 0.25) is 0 Å². The van der Waals surface area contributed by atoms with Crippen LogP contribution in [0.5, 0.6) is 0 Å². The van der Waals surface area contributed by atoms with Crippen LogP contribution < -0.4 is 5.32 Å². The molecule has 0 fully saturated rings. The van der Waals surface area contributed by atoms with Crippen LogP contribution in [0.1, 0.15) is 44.0 Å². The topological polar surface area (TPSA) is 47.7 Å². The minimum Gasteiger partial charge on any atom is -0.305 e. The van der Waals surface area contributed by atoms with Crippen LogP contribution in [-0.2, 0) is 13.6 Å². The molecule has 1 unspecified atom stereocenters. The SMILES string of the molecule is CCCNC(c1cnn(C)c1)c1c(Br)cnn1CCC. The van der Waals surface area contributed by atoms with Gasteiger partial charge in [-0.2, -0.15) is 10.2 Å². The lowest BCUT2D eigenvalue weighted by molar-refractivity contribution is 0.510. The smallest absolute Gasteiger partial charge is 0.0790 e. The Kier molecular flexibility index (Phi) is 5.37. The molecule has 6 heteroatoms. The van der Waals surface area contributed by atoms with Crippen LogP contribution in [0, 0.1) is 0 Å². The van der Waals surface area contributed by atoms with Crippen LogP contribution in [0.25, 0.3) is 0 Å². The summed E-state index contributed by atoms with van der Waals surface area (Å²) in [6.07, 6.45) is 8.01. The third kappa shape index (κ3) is 3.30. The first-order chi connectivity index (χ1) is 9.67. The van der Waals surface area contributed by atoms with Crippen molar-refractivity contribution in [1.29, 1.82) is 0 Å². The van der Waals surface area contributed by atoms with Crippen molar-refractivity contribution in [3.63, 3.8) is 0 Å². The fourth-order valence-corrected chi connectivity index (χ4v) is 2.82. The van der Waals surface area contributed by atoms with Gasteiger partial charge in [0, 0.05) is 25.4 Å². The summed E-state index contributed by atoms with van der Waals surface area (Å²) in [5, 5.41) is 12.4. The molecule has 0 saturated carbocycles. The highest BCUT2D eigenvalue weighted by atomic mass is 79.9. The summed E-state index contributed by atoms with van der Waals surface area (Å²) >= 11 is 3.63. The summed E-state index contributed by atoms with van der Waals surface area (Å²) < 4.78 is 4.96. The summed E-state index contributed by atoms with van der Waals surface area (Å²) in [7, 11) is 1.94. The predicted molar refractivity (Wildman–Crippen MR) is 83.6 cm³/mol. The molecule has 20 heavy (non-hydrogen) atoms. The fraction of sp³-hybridized carbons (Fsp3) is 0.571. The van der Waals surface area contributed by atoms with Crippen LogP contribution >= 0.6 is 15.9 Å². The van der Waals surface area contributed by atoms with Crippen molar-refractivity contribution < 1.29 is 0 Å². The van der Waals surface area contributed by atoms with E-state index in [0.717, 1.165) is 30.4 Å². The quantitative estimate of drug-likeness (QED) is 0.843. The van der Waals surface area contributed by atoms with Crippen molar-refractivity contribution in [2.45, 2.75) is 39.3 Å². The summed E-state index contributed by atoms with van der Waals surface area (Å²) in [6.45, 7) is 6.22. The number of nitrogens with zero attached hydrogens (tertiary/aromatic N) is 4. The molecule has 0 saturated heterocycles. The van der Waals surface area contributed by atoms with Gasteiger partial charge in [0.25, 0.3) is 0 Å². The summed E-state index contributed by atoms with van der Waals surface area (Å²) in [5.74, 6) is 0. The van der Waals surface area contributed by atoms with Gasteiger partial charge in [0.15, 0.2) is 0 Å². The van der Waals surface area contributed by atoms with Gasteiger partial charge in [0.05, 0.1) is 28.6 Å². The Balaban J connectivity index is 2.37. The average Bonchev–Trinajstić information content (AvgIpc) is 3.00. The fourth-order valence-electron chi connectivity index (χ4n) is 2.30. The highest BCUT2D eigenvalue weighted by Crippen LogP contribution is 2.28. The lowest BCUT2D eigenvalue weighted by Gasteiger charge is -2.19. The van der Waals surface area contributed by atoms with Gasteiger partial charge < -0.3 is 5.32 Å². The lowest BCUT2D eigenvalue weighted by atomic mass is 10.1. The molecule has 0 radical (unpaired) electrons. The summed E-state index contributed by atoms with van der Waals surface area (Å²) in [6, 6.07) is 0.118. The molecule has 1 N–H and O–H groups in total. The molecule has 0 bridgehead atoms. The molecule has 0 aliphatic rings. The minimum absolute atomic E-state index is 0.118. The standard InChI is InChI=1S/C14H22BrN5/c1-4-6-16-13(11-8-17-19(3)10-11)14-12(15)9-18-20(14)7-5-2/h8-10,13,16H,4-7H2,1-3H3. The lowest BCUT2D eigenvalue weighted by Crippen LogP contribution is -2.26. The molecule has 0 aliphatic heterocycles. The molecule has 2 aromatic rings. The number of nitrogens with one attached hydrogen (secondary N) is 1. The van der Waals surface area contributed by atoms with Gasteiger partial charge in [-0.05, 0) is 35.3 Å². The third-order valence-corrected chi connectivity index (χ3v) is 3.81. The van der Waals surface area contributed by atoms with Gasteiger partial charge in [-0.1, -0.05) is 13.8 Å². The van der Waals surface area contributed by atoms with E-state index in [2.05, 4.69) is 56.2 Å². The van der Waals surface area contributed by atoms with Crippen LogP contribution in [0.15, 0.2) is 23.1 Å². The Morgan fingerprint density at radius 3 is 2.65 bits per heavy atom. The maximum atomic E-state index is 4.47. The number of hydrogen-bond acceptors (Lipinski definition) is 3. The average molecular weight is 340 g/mol. The predicted octanol–water partition coefficient (Wildman–Crippen LogP) is 2.88. The van der Waals surface area contributed by atoms with Gasteiger partial charge in [-0.15, -0.1) is 0 Å². The summed E-state index contributed by atoms with van der Waals surface area (Å²) in [4.78, 5) is 0. The van der Waals surface area contributed by atoms with Gasteiger partial charge in [-0.3, -0.25) is 9.36 Å². The van der Waals surface area contributed by atoms with Crippen LogP contribution in [0.4, 0.5) is 0 Å². The Labute approximate surface area is 128 Å². The van der Waals surface area contributed by atoms with Crippen molar-refractivity contribution in [2.75, 3.05) is 6.54 Å². The normalized spacial score (nSPS) is 12.8. The molecule has 2 rings (SSSR count). The maximum Gasteiger partial charge on any atom is 0.0790 e. The first-order valence-corrected chi connectivity index (χ1v) is 7.89. The molecule has 1 atom stereocenters. The highest BCUT2D eigenvalue weighted by molar-refractivity contribution is 9.10. The minimum atomic E-state index is 0.118. The molecule has 2 aromatic heterocycles. The van der Waals surface area contributed by atoms with Crippen molar-refractivity contribution in [3.8, 4) is 0 Å². The van der Waals surface area contributed by atoms with Gasteiger partial charge in [-0.25, -0.2) is 0 Å². The van der Waals surface area contributed by atoms with Crippen molar-refractivity contribution in [1.82, 2.24) is 24.9 Å². The van der Waals surface area contributed by atoms with Crippen molar-refractivity contribution >= 4 is 15.9 Å². The number of aromatic nitrogens is 4. The summed E-state index contributed by atoms with van der Waals surface area (Å²) in [5.41, 5.74) is 2.34. The van der Waals surface area contributed by atoms with E-state index >= 15 is 0 Å². The molecular weight excluding hydrogens is 318 g/mol. The second kappa shape index (κ2) is 7.04. The number of hydrogen-bond donors (Lipinski definition) is 1. The molecule has 2 heterocycles. The monoisotopic (exact) mass is 339 g/mol. The number of halogens is 1. The largest absolute Gasteiger partial charge is 0.305 e. The van der Waals surface area contributed by atoms with E-state index in [0.29, 0.717) is 0 Å². The molecule has 0 amide bonds. The molecular formula is C14H22BrN5. The second-order valence-corrected chi connectivity index (χ2v) is 5.79. The first-order valence-electron chi connectivity index (χ1n) is 7.10. The number of aryl methyl sites for hydroxylation is 2. The molecule has 0 spiro atoms. The number of rotatable bonds is 7. The van der Waals surface area contributed by atoms with Crippen LogP contribution in [0.3, 0.4) is 0 Å². The van der Waals surface area contributed by atoms with E-state index in [9.17, 15) is 0 Å². The molecule has 0 aliphatic carbocycles. The van der Waals surface area contributed by atoms with E-state index in [4.69, 9.17) is 0 Å².